The molecule has 0 spiro atoms. The van der Waals surface area contributed by atoms with E-state index in [4.69, 9.17) is 4.74 Å². The van der Waals surface area contributed by atoms with Gasteiger partial charge in [0.15, 0.2) is 0 Å². The van der Waals surface area contributed by atoms with Crippen molar-refractivity contribution in [3.8, 4) is 0 Å². The van der Waals surface area contributed by atoms with Crippen molar-refractivity contribution in [1.29, 1.82) is 0 Å². The Bertz CT molecular complexity index is 408. The first-order chi connectivity index (χ1) is 9.13. The lowest BCUT2D eigenvalue weighted by Crippen LogP contribution is -2.44. The summed E-state index contributed by atoms with van der Waals surface area (Å²) in [4.78, 5) is 11.4. The van der Waals surface area contributed by atoms with Gasteiger partial charge in [0, 0.05) is 7.05 Å². The van der Waals surface area contributed by atoms with Gasteiger partial charge in [-0.05, 0) is 19.3 Å². The summed E-state index contributed by atoms with van der Waals surface area (Å²) in [5.41, 5.74) is 0. The van der Waals surface area contributed by atoms with E-state index < -0.39 is 18.1 Å². The van der Waals surface area contributed by atoms with Gasteiger partial charge in [-0.2, -0.15) is 0 Å². The number of rotatable bonds is 1. The van der Waals surface area contributed by atoms with Crippen LogP contribution in [0.5, 0.6) is 0 Å². The van der Waals surface area contributed by atoms with Crippen molar-refractivity contribution < 1.29 is 19.7 Å². The zero-order chi connectivity index (χ0) is 13.8. The fourth-order valence-electron chi connectivity index (χ4n) is 2.71. The highest BCUT2D eigenvalue weighted by atomic mass is 16.6. The van der Waals surface area contributed by atoms with Crippen LogP contribution >= 0.6 is 0 Å². The number of aliphatic hydroxyl groups excluding tert-OH is 2. The summed E-state index contributed by atoms with van der Waals surface area (Å²) < 4.78 is 5.31. The predicted molar refractivity (Wildman–Crippen MR) is 69.5 cm³/mol. The van der Waals surface area contributed by atoms with E-state index in [1.807, 2.05) is 0 Å². The van der Waals surface area contributed by atoms with Gasteiger partial charge in [-0.3, -0.25) is 0 Å². The Morgan fingerprint density at radius 1 is 1.21 bits per heavy atom. The van der Waals surface area contributed by atoms with Gasteiger partial charge in [0.05, 0.1) is 11.8 Å². The van der Waals surface area contributed by atoms with Crippen molar-refractivity contribution in [2.24, 2.45) is 22.0 Å². The Labute approximate surface area is 111 Å². The lowest BCUT2D eigenvalue weighted by Gasteiger charge is -2.34. The summed E-state index contributed by atoms with van der Waals surface area (Å²) in [6.45, 7) is 0. The van der Waals surface area contributed by atoms with E-state index in [9.17, 15) is 15.0 Å². The van der Waals surface area contributed by atoms with Gasteiger partial charge in [-0.15, -0.1) is 10.2 Å². The molecule has 2 aliphatic rings. The molecule has 0 aromatic heterocycles. The summed E-state index contributed by atoms with van der Waals surface area (Å²) >= 11 is 0. The third kappa shape index (κ3) is 2.97. The van der Waals surface area contributed by atoms with Gasteiger partial charge in [0.1, 0.15) is 6.10 Å². The quantitative estimate of drug-likeness (QED) is 0.674. The predicted octanol–water partition coefficient (Wildman–Crippen LogP) is 1.75. The van der Waals surface area contributed by atoms with Crippen LogP contribution in [-0.2, 0) is 4.74 Å². The number of aliphatic hydroxyl groups is 2. The molecule has 1 aliphatic heterocycles. The minimum atomic E-state index is -0.542. The van der Waals surface area contributed by atoms with Gasteiger partial charge in [-0.25, -0.2) is 4.79 Å². The first kappa shape index (κ1) is 13.6. The molecule has 1 heterocycles. The van der Waals surface area contributed by atoms with E-state index in [-0.39, 0.29) is 17.7 Å². The van der Waals surface area contributed by atoms with Crippen molar-refractivity contribution in [3.05, 3.63) is 0 Å². The molecule has 106 valence electrons. The van der Waals surface area contributed by atoms with E-state index in [0.717, 1.165) is 19.3 Å². The topological polar surface area (TPSA) is 104 Å². The van der Waals surface area contributed by atoms with Gasteiger partial charge < -0.3 is 20.3 Å². The van der Waals surface area contributed by atoms with E-state index in [0.29, 0.717) is 12.8 Å². The SMILES string of the molecule is CNC(=O)OC1CCCCCC2C(O)=NN=C(O)C12. The van der Waals surface area contributed by atoms with Crippen LogP contribution < -0.4 is 5.32 Å². The molecular weight excluding hydrogens is 250 g/mol. The average Bonchev–Trinajstić information content (AvgIpc) is 2.37. The minimum Gasteiger partial charge on any atom is -0.495 e. The van der Waals surface area contributed by atoms with Crippen LogP contribution in [-0.4, -0.2) is 41.3 Å². The van der Waals surface area contributed by atoms with Crippen LogP contribution in [0.2, 0.25) is 0 Å². The molecule has 0 bridgehead atoms. The molecule has 3 unspecified atom stereocenters. The van der Waals surface area contributed by atoms with Crippen LogP contribution in [0.3, 0.4) is 0 Å². The van der Waals surface area contributed by atoms with E-state index in [2.05, 4.69) is 15.5 Å². The zero-order valence-electron chi connectivity index (χ0n) is 10.9. The van der Waals surface area contributed by atoms with Crippen LogP contribution in [0, 0.1) is 11.8 Å². The fourth-order valence-corrected chi connectivity index (χ4v) is 2.71. The lowest BCUT2D eigenvalue weighted by atomic mass is 9.79. The van der Waals surface area contributed by atoms with Crippen LogP contribution in [0.4, 0.5) is 4.79 Å². The number of amides is 1. The second-order valence-corrected chi connectivity index (χ2v) is 4.88. The number of ether oxygens (including phenoxy) is 1. The highest BCUT2D eigenvalue weighted by molar-refractivity contribution is 5.89. The second kappa shape index (κ2) is 5.90. The highest BCUT2D eigenvalue weighted by Gasteiger charge is 2.41. The second-order valence-electron chi connectivity index (χ2n) is 4.88. The summed E-state index contributed by atoms with van der Waals surface area (Å²) in [6.07, 6.45) is 3.17. The molecule has 1 saturated carbocycles. The largest absolute Gasteiger partial charge is 0.495 e. The number of hydrogen-bond acceptors (Lipinski definition) is 4. The van der Waals surface area contributed by atoms with Crippen molar-refractivity contribution in [1.82, 2.24) is 5.32 Å². The van der Waals surface area contributed by atoms with Crippen LogP contribution in [0.15, 0.2) is 10.2 Å². The maximum absolute atomic E-state index is 11.4. The highest BCUT2D eigenvalue weighted by Crippen LogP contribution is 2.33. The molecule has 7 heteroatoms. The Morgan fingerprint density at radius 2 is 1.89 bits per heavy atom. The van der Waals surface area contributed by atoms with Crippen LogP contribution in [0.25, 0.3) is 0 Å². The van der Waals surface area contributed by atoms with Gasteiger partial charge in [0.2, 0.25) is 11.8 Å². The number of fused-ring (bicyclic) bond motifs is 1. The van der Waals surface area contributed by atoms with Crippen molar-refractivity contribution in [3.63, 3.8) is 0 Å². The van der Waals surface area contributed by atoms with Crippen LogP contribution in [0.1, 0.15) is 32.1 Å². The Balaban J connectivity index is 2.22. The third-order valence-electron chi connectivity index (χ3n) is 3.69. The van der Waals surface area contributed by atoms with Gasteiger partial charge in [-0.1, -0.05) is 12.8 Å². The number of carbonyl (C=O) groups excluding carboxylic acids is 1. The van der Waals surface area contributed by atoms with Gasteiger partial charge in [0.25, 0.3) is 0 Å². The summed E-state index contributed by atoms with van der Waals surface area (Å²) in [6, 6.07) is 0. The van der Waals surface area contributed by atoms with E-state index in [1.165, 1.54) is 7.05 Å². The molecule has 0 saturated heterocycles. The fraction of sp³-hybridized carbons (Fsp3) is 0.750. The maximum Gasteiger partial charge on any atom is 0.407 e. The number of hydrogen-bond donors (Lipinski definition) is 3. The van der Waals surface area contributed by atoms with Crippen molar-refractivity contribution >= 4 is 17.9 Å². The van der Waals surface area contributed by atoms with Crippen molar-refractivity contribution in [2.45, 2.75) is 38.2 Å². The minimum absolute atomic E-state index is 0.0878. The standard InChI is InChI=1S/C12H19N3O4/c1-13-12(18)19-8-6-4-2-3-5-7-9(8)11(17)15-14-10(7)16/h7-9H,2-6H2,1H3,(H,13,18)(H,14,16)(H,15,17). The maximum atomic E-state index is 11.4. The third-order valence-corrected chi connectivity index (χ3v) is 3.69. The average molecular weight is 269 g/mol. The molecule has 3 atom stereocenters. The summed E-state index contributed by atoms with van der Waals surface area (Å²) in [7, 11) is 1.48. The Hall–Kier alpha value is -1.79. The molecule has 1 amide bonds. The van der Waals surface area contributed by atoms with E-state index in [1.54, 1.807) is 0 Å². The number of nitrogens with one attached hydrogen (secondary N) is 1. The van der Waals surface area contributed by atoms with Gasteiger partial charge >= 0.3 is 6.09 Å². The Kier molecular flexibility index (Phi) is 4.24. The number of carbonyl (C=O) groups is 1. The first-order valence-electron chi connectivity index (χ1n) is 6.55. The van der Waals surface area contributed by atoms with Crippen molar-refractivity contribution in [2.75, 3.05) is 7.05 Å². The van der Waals surface area contributed by atoms with E-state index >= 15 is 0 Å². The molecule has 3 N–H and O–H groups in total. The molecular formula is C12H19N3O4. The summed E-state index contributed by atoms with van der Waals surface area (Å²) in [5, 5.41) is 29.2. The first-order valence-corrected chi connectivity index (χ1v) is 6.55. The molecule has 0 aromatic rings. The number of nitrogens with zero attached hydrogens (tertiary/aromatic N) is 2. The normalized spacial score (nSPS) is 31.1. The Morgan fingerprint density at radius 3 is 2.63 bits per heavy atom. The molecule has 1 fully saturated rings. The molecule has 19 heavy (non-hydrogen) atoms. The molecule has 0 aromatic carbocycles. The smallest absolute Gasteiger partial charge is 0.407 e. The molecule has 7 nitrogen and oxygen atoms in total. The molecule has 0 radical (unpaired) electrons. The summed E-state index contributed by atoms with van der Waals surface area (Å²) in [5.74, 6) is -1.09. The molecule has 2 rings (SSSR count). The monoisotopic (exact) mass is 269 g/mol. The molecule has 1 aliphatic carbocycles. The zero-order valence-corrected chi connectivity index (χ0v) is 10.9. The lowest BCUT2D eigenvalue weighted by molar-refractivity contribution is 0.0516. The number of alkyl carbamates (subject to hydrolysis) is 1.